The van der Waals surface area contributed by atoms with Crippen LogP contribution in [0.3, 0.4) is 0 Å². The van der Waals surface area contributed by atoms with E-state index in [1.165, 1.54) is 6.20 Å². The van der Waals surface area contributed by atoms with Crippen molar-refractivity contribution < 1.29 is 19.4 Å². The molecule has 0 aliphatic carbocycles. The maximum Gasteiger partial charge on any atom is 0.272 e. The lowest BCUT2D eigenvalue weighted by atomic mass is 10.2. The first-order valence-electron chi connectivity index (χ1n) is 7.87. The standard InChI is InChI=1S/C18H20N2O4/c1-13-3-2-4-15(9-13)24-16-5-6-17(19-10-16)18(22)20-7-8-23-12-14(20)11-21/h2-6,9-10,14,21H,7-8,11-12H2,1H3/t14-/m1/s1. The number of hydrogen-bond acceptors (Lipinski definition) is 5. The van der Waals surface area contributed by atoms with Crippen LogP contribution in [-0.2, 0) is 4.74 Å². The number of aliphatic hydroxyl groups is 1. The summed E-state index contributed by atoms with van der Waals surface area (Å²) < 4.78 is 11.0. The molecule has 0 radical (unpaired) electrons. The number of pyridine rings is 1. The second-order valence-corrected chi connectivity index (χ2v) is 5.71. The molecule has 1 atom stereocenters. The van der Waals surface area contributed by atoms with Gasteiger partial charge in [0.15, 0.2) is 0 Å². The van der Waals surface area contributed by atoms with Gasteiger partial charge >= 0.3 is 0 Å². The second kappa shape index (κ2) is 7.42. The van der Waals surface area contributed by atoms with Gasteiger partial charge in [-0.25, -0.2) is 4.98 Å². The van der Waals surface area contributed by atoms with E-state index in [4.69, 9.17) is 9.47 Å². The molecule has 1 amide bonds. The predicted octanol–water partition coefficient (Wildman–Crippen LogP) is 2.02. The highest BCUT2D eigenvalue weighted by Gasteiger charge is 2.28. The van der Waals surface area contributed by atoms with Gasteiger partial charge in [0.1, 0.15) is 17.2 Å². The molecule has 24 heavy (non-hydrogen) atoms. The van der Waals surface area contributed by atoms with Gasteiger partial charge in [0.25, 0.3) is 5.91 Å². The fourth-order valence-corrected chi connectivity index (χ4v) is 2.60. The highest BCUT2D eigenvalue weighted by atomic mass is 16.5. The molecule has 6 heteroatoms. The first kappa shape index (κ1) is 16.4. The highest BCUT2D eigenvalue weighted by Crippen LogP contribution is 2.22. The van der Waals surface area contributed by atoms with Crippen molar-refractivity contribution in [1.82, 2.24) is 9.88 Å². The maximum absolute atomic E-state index is 12.5. The number of ether oxygens (including phenoxy) is 2. The maximum atomic E-state index is 12.5. The number of carbonyl (C=O) groups is 1. The summed E-state index contributed by atoms with van der Waals surface area (Å²) in [6, 6.07) is 10.7. The Morgan fingerprint density at radius 2 is 2.25 bits per heavy atom. The van der Waals surface area contributed by atoms with Crippen LogP contribution in [0.5, 0.6) is 11.5 Å². The third-order valence-electron chi connectivity index (χ3n) is 3.88. The summed E-state index contributed by atoms with van der Waals surface area (Å²) in [6.45, 7) is 3.13. The first-order chi connectivity index (χ1) is 11.7. The predicted molar refractivity (Wildman–Crippen MR) is 88.2 cm³/mol. The number of aromatic nitrogens is 1. The molecule has 3 rings (SSSR count). The molecule has 0 bridgehead atoms. The SMILES string of the molecule is Cc1cccc(Oc2ccc(C(=O)N3CCOC[C@H]3CO)nc2)c1. The molecule has 2 aromatic rings. The number of hydrogen-bond donors (Lipinski definition) is 1. The van der Waals surface area contributed by atoms with Crippen LogP contribution in [0.1, 0.15) is 16.1 Å². The number of amides is 1. The van der Waals surface area contributed by atoms with Crippen LogP contribution in [0.2, 0.25) is 0 Å². The minimum absolute atomic E-state index is 0.125. The lowest BCUT2D eigenvalue weighted by molar-refractivity contribution is -0.0186. The summed E-state index contributed by atoms with van der Waals surface area (Å²) in [4.78, 5) is 18.3. The number of rotatable bonds is 4. The van der Waals surface area contributed by atoms with E-state index in [1.807, 2.05) is 31.2 Å². The van der Waals surface area contributed by atoms with Crippen LogP contribution in [0.4, 0.5) is 0 Å². The minimum Gasteiger partial charge on any atom is -0.456 e. The lowest BCUT2D eigenvalue weighted by Gasteiger charge is -2.34. The fourth-order valence-electron chi connectivity index (χ4n) is 2.60. The third kappa shape index (κ3) is 3.72. The Kier molecular flexibility index (Phi) is 5.08. The van der Waals surface area contributed by atoms with E-state index in [0.29, 0.717) is 31.2 Å². The molecule has 0 unspecified atom stereocenters. The molecule has 1 saturated heterocycles. The smallest absolute Gasteiger partial charge is 0.272 e. The van der Waals surface area contributed by atoms with Crippen molar-refractivity contribution in [3.63, 3.8) is 0 Å². The number of aryl methyl sites for hydroxylation is 1. The van der Waals surface area contributed by atoms with Crippen LogP contribution in [0, 0.1) is 6.92 Å². The fraction of sp³-hybridized carbons (Fsp3) is 0.333. The summed E-state index contributed by atoms with van der Waals surface area (Å²) in [5.74, 6) is 1.08. The zero-order valence-corrected chi connectivity index (χ0v) is 13.5. The van der Waals surface area contributed by atoms with Gasteiger partial charge in [-0.2, -0.15) is 0 Å². The van der Waals surface area contributed by atoms with Crippen molar-refractivity contribution in [1.29, 1.82) is 0 Å². The second-order valence-electron chi connectivity index (χ2n) is 5.71. The van der Waals surface area contributed by atoms with Gasteiger partial charge < -0.3 is 19.5 Å². The Morgan fingerprint density at radius 1 is 1.38 bits per heavy atom. The molecule has 6 nitrogen and oxygen atoms in total. The zero-order valence-electron chi connectivity index (χ0n) is 13.5. The number of morpholine rings is 1. The summed E-state index contributed by atoms with van der Waals surface area (Å²) in [6.07, 6.45) is 1.53. The molecule has 1 aliphatic rings. The van der Waals surface area contributed by atoms with Gasteiger partial charge in [-0.1, -0.05) is 12.1 Å². The molecule has 0 saturated carbocycles. The van der Waals surface area contributed by atoms with Crippen molar-refractivity contribution in [2.45, 2.75) is 13.0 Å². The van der Waals surface area contributed by atoms with Gasteiger partial charge in [-0.15, -0.1) is 0 Å². The van der Waals surface area contributed by atoms with Crippen LogP contribution >= 0.6 is 0 Å². The highest BCUT2D eigenvalue weighted by molar-refractivity contribution is 5.92. The lowest BCUT2D eigenvalue weighted by Crippen LogP contribution is -2.50. The van der Waals surface area contributed by atoms with E-state index in [0.717, 1.165) is 11.3 Å². The van der Waals surface area contributed by atoms with Gasteiger partial charge in [-0.3, -0.25) is 4.79 Å². The molecular formula is C18H20N2O4. The molecule has 126 valence electrons. The molecule has 1 aromatic heterocycles. The Labute approximate surface area is 140 Å². The van der Waals surface area contributed by atoms with E-state index in [2.05, 4.69) is 4.98 Å². The Bertz CT molecular complexity index is 702. The summed E-state index contributed by atoms with van der Waals surface area (Å²) in [5, 5.41) is 9.37. The Hall–Kier alpha value is -2.44. The van der Waals surface area contributed by atoms with Crippen molar-refractivity contribution in [3.8, 4) is 11.5 Å². The van der Waals surface area contributed by atoms with E-state index in [-0.39, 0.29) is 18.6 Å². The van der Waals surface area contributed by atoms with Crippen LogP contribution in [0.25, 0.3) is 0 Å². The average Bonchev–Trinajstić information content (AvgIpc) is 2.62. The van der Waals surface area contributed by atoms with Crippen molar-refractivity contribution in [2.24, 2.45) is 0 Å². The van der Waals surface area contributed by atoms with Gasteiger partial charge in [0.05, 0.1) is 32.1 Å². The van der Waals surface area contributed by atoms with Crippen LogP contribution < -0.4 is 4.74 Å². The minimum atomic E-state index is -0.323. The molecule has 1 aliphatic heterocycles. The van der Waals surface area contributed by atoms with Gasteiger partial charge in [0, 0.05) is 6.54 Å². The molecule has 1 fully saturated rings. The quantitative estimate of drug-likeness (QED) is 0.929. The largest absolute Gasteiger partial charge is 0.456 e. The molecule has 1 aromatic carbocycles. The number of aliphatic hydroxyl groups excluding tert-OH is 1. The van der Waals surface area contributed by atoms with Crippen LogP contribution in [-0.4, -0.2) is 53.3 Å². The van der Waals surface area contributed by atoms with E-state index < -0.39 is 0 Å². The van der Waals surface area contributed by atoms with E-state index >= 15 is 0 Å². The molecule has 1 N–H and O–H groups in total. The Morgan fingerprint density at radius 3 is 2.96 bits per heavy atom. The third-order valence-corrected chi connectivity index (χ3v) is 3.88. The van der Waals surface area contributed by atoms with E-state index in [1.54, 1.807) is 17.0 Å². The summed E-state index contributed by atoms with van der Waals surface area (Å²) in [7, 11) is 0. The molecule has 2 heterocycles. The number of carbonyl (C=O) groups excluding carboxylic acids is 1. The van der Waals surface area contributed by atoms with Crippen molar-refractivity contribution >= 4 is 5.91 Å². The summed E-state index contributed by atoms with van der Waals surface area (Å²) >= 11 is 0. The molecular weight excluding hydrogens is 308 g/mol. The van der Waals surface area contributed by atoms with Gasteiger partial charge in [-0.05, 0) is 36.8 Å². The molecule has 0 spiro atoms. The summed E-state index contributed by atoms with van der Waals surface area (Å²) in [5.41, 5.74) is 1.43. The topological polar surface area (TPSA) is 71.9 Å². The monoisotopic (exact) mass is 328 g/mol. The average molecular weight is 328 g/mol. The van der Waals surface area contributed by atoms with Gasteiger partial charge in [0.2, 0.25) is 0 Å². The number of benzene rings is 1. The number of nitrogens with zero attached hydrogens (tertiary/aromatic N) is 2. The zero-order chi connectivity index (χ0) is 16.9. The van der Waals surface area contributed by atoms with Crippen LogP contribution in [0.15, 0.2) is 42.6 Å². The van der Waals surface area contributed by atoms with Crippen molar-refractivity contribution in [3.05, 3.63) is 53.9 Å². The van der Waals surface area contributed by atoms with E-state index in [9.17, 15) is 9.90 Å². The van der Waals surface area contributed by atoms with Crippen molar-refractivity contribution in [2.75, 3.05) is 26.4 Å². The Balaban J connectivity index is 1.70. The first-order valence-corrected chi connectivity index (χ1v) is 7.87. The normalized spacial score (nSPS) is 17.6.